The second-order valence-corrected chi connectivity index (χ2v) is 6.30. The van der Waals surface area contributed by atoms with E-state index < -0.39 is 0 Å². The molecule has 0 amide bonds. The molecule has 0 heterocycles. The second kappa shape index (κ2) is 5.65. The summed E-state index contributed by atoms with van der Waals surface area (Å²) in [6.07, 6.45) is 7.80. The molecule has 0 saturated carbocycles. The number of aryl methyl sites for hydroxylation is 2. The first-order chi connectivity index (χ1) is 10.4. The van der Waals surface area contributed by atoms with Gasteiger partial charge in [0.15, 0.2) is 0 Å². The van der Waals surface area contributed by atoms with Gasteiger partial charge in [0.25, 0.3) is 0 Å². The minimum absolute atomic E-state index is 0.283. The lowest BCUT2D eigenvalue weighted by atomic mass is 9.87. The van der Waals surface area contributed by atoms with Crippen molar-refractivity contribution in [3.05, 3.63) is 70.8 Å². The molecule has 0 N–H and O–H groups in total. The first-order valence-electron chi connectivity index (χ1n) is 8.23. The van der Waals surface area contributed by atoms with Crippen LogP contribution in [0.15, 0.2) is 48.5 Å². The monoisotopic (exact) mass is 278 g/mol. The maximum Gasteiger partial charge on any atom is 0.0836 e. The Morgan fingerprint density at radius 2 is 1.14 bits per heavy atom. The van der Waals surface area contributed by atoms with Crippen molar-refractivity contribution in [1.82, 2.24) is 0 Å². The van der Waals surface area contributed by atoms with Gasteiger partial charge in [0, 0.05) is 0 Å². The smallest absolute Gasteiger partial charge is 0.0836 e. The molecule has 108 valence electrons. The maximum absolute atomic E-state index is 6.59. The summed E-state index contributed by atoms with van der Waals surface area (Å²) in [5, 5.41) is 0. The lowest BCUT2D eigenvalue weighted by Crippen LogP contribution is -2.19. The van der Waals surface area contributed by atoms with Gasteiger partial charge in [-0.05, 0) is 60.8 Å². The molecule has 0 aliphatic heterocycles. The van der Waals surface area contributed by atoms with E-state index in [0.29, 0.717) is 0 Å². The van der Waals surface area contributed by atoms with E-state index in [-0.39, 0.29) is 12.2 Å². The van der Waals surface area contributed by atoms with E-state index in [2.05, 4.69) is 48.5 Å². The predicted octanol–water partition coefficient (Wildman–Crippen LogP) is 5.16. The average Bonchev–Trinajstić information content (AvgIpc) is 2.56. The van der Waals surface area contributed by atoms with Crippen molar-refractivity contribution in [2.45, 2.75) is 50.7 Å². The summed E-state index contributed by atoms with van der Waals surface area (Å²) in [6, 6.07) is 17.6. The Labute approximate surface area is 127 Å². The lowest BCUT2D eigenvalue weighted by molar-refractivity contribution is -0.0320. The normalized spacial score (nSPS) is 24.2. The summed E-state index contributed by atoms with van der Waals surface area (Å²) in [5.41, 5.74) is 5.81. The van der Waals surface area contributed by atoms with Crippen LogP contribution in [0.1, 0.15) is 60.1 Å². The molecule has 0 spiro atoms. The summed E-state index contributed by atoms with van der Waals surface area (Å²) < 4.78 is 6.59. The van der Waals surface area contributed by atoms with Crippen molar-refractivity contribution in [2.75, 3.05) is 0 Å². The number of hydrogen-bond acceptors (Lipinski definition) is 1. The number of hydrogen-bond donors (Lipinski definition) is 0. The molecule has 1 nitrogen and oxygen atoms in total. The minimum atomic E-state index is 0.283. The van der Waals surface area contributed by atoms with Crippen molar-refractivity contribution in [3.8, 4) is 0 Å². The van der Waals surface area contributed by atoms with Crippen LogP contribution in [-0.4, -0.2) is 0 Å². The lowest BCUT2D eigenvalue weighted by Gasteiger charge is -2.32. The van der Waals surface area contributed by atoms with Crippen LogP contribution in [0.25, 0.3) is 0 Å². The highest BCUT2D eigenvalue weighted by Gasteiger charge is 2.27. The zero-order valence-corrected chi connectivity index (χ0v) is 12.4. The topological polar surface area (TPSA) is 9.23 Å². The molecule has 2 aromatic rings. The van der Waals surface area contributed by atoms with Crippen molar-refractivity contribution in [3.63, 3.8) is 0 Å². The van der Waals surface area contributed by atoms with Gasteiger partial charge in [-0.3, -0.25) is 0 Å². The summed E-state index contributed by atoms with van der Waals surface area (Å²) in [5.74, 6) is 0. The standard InChI is InChI=1S/C20H22O/c1-3-11-17-15(7-1)9-5-13-19(17)21-20-14-6-10-16-8-2-4-12-18(16)20/h1-4,7-8,11-12,19-20H,5-6,9-10,13-14H2. The van der Waals surface area contributed by atoms with Gasteiger partial charge in [-0.25, -0.2) is 0 Å². The van der Waals surface area contributed by atoms with Crippen LogP contribution in [0, 0.1) is 0 Å². The molecule has 1 heteroatoms. The van der Waals surface area contributed by atoms with Crippen molar-refractivity contribution in [2.24, 2.45) is 0 Å². The van der Waals surface area contributed by atoms with Gasteiger partial charge in [-0.15, -0.1) is 0 Å². The van der Waals surface area contributed by atoms with Gasteiger partial charge in [-0.2, -0.15) is 0 Å². The molecule has 0 saturated heterocycles. The molecule has 0 radical (unpaired) electrons. The zero-order valence-electron chi connectivity index (χ0n) is 12.4. The maximum atomic E-state index is 6.59. The first-order valence-corrected chi connectivity index (χ1v) is 8.23. The fourth-order valence-electron chi connectivity index (χ4n) is 3.90. The van der Waals surface area contributed by atoms with Gasteiger partial charge in [0.2, 0.25) is 0 Å². The number of benzene rings is 2. The Morgan fingerprint density at radius 1 is 0.667 bits per heavy atom. The highest BCUT2D eigenvalue weighted by Crippen LogP contribution is 2.40. The van der Waals surface area contributed by atoms with Gasteiger partial charge >= 0.3 is 0 Å². The summed E-state index contributed by atoms with van der Waals surface area (Å²) in [6.45, 7) is 0. The minimum Gasteiger partial charge on any atom is -0.366 e. The summed E-state index contributed by atoms with van der Waals surface area (Å²) in [4.78, 5) is 0. The molecular weight excluding hydrogens is 256 g/mol. The van der Waals surface area contributed by atoms with Crippen LogP contribution in [0.5, 0.6) is 0 Å². The number of fused-ring (bicyclic) bond motifs is 2. The van der Waals surface area contributed by atoms with Gasteiger partial charge < -0.3 is 4.74 Å². The molecule has 2 atom stereocenters. The Kier molecular flexibility index (Phi) is 3.52. The number of ether oxygens (including phenoxy) is 1. The van der Waals surface area contributed by atoms with Crippen molar-refractivity contribution >= 4 is 0 Å². The molecule has 2 unspecified atom stereocenters. The molecule has 21 heavy (non-hydrogen) atoms. The van der Waals surface area contributed by atoms with E-state index in [1.165, 1.54) is 47.9 Å². The highest BCUT2D eigenvalue weighted by atomic mass is 16.5. The van der Waals surface area contributed by atoms with Crippen LogP contribution < -0.4 is 0 Å². The average molecular weight is 278 g/mol. The van der Waals surface area contributed by atoms with Crippen molar-refractivity contribution < 1.29 is 4.74 Å². The second-order valence-electron chi connectivity index (χ2n) is 6.30. The fraction of sp³-hybridized carbons (Fsp3) is 0.400. The Morgan fingerprint density at radius 3 is 1.67 bits per heavy atom. The SMILES string of the molecule is c1ccc2c(c1)CCCC2OC1CCCc2ccccc21. The molecule has 2 aromatic carbocycles. The van der Waals surface area contributed by atoms with E-state index in [1.807, 2.05) is 0 Å². The Hall–Kier alpha value is -1.60. The van der Waals surface area contributed by atoms with E-state index in [0.717, 1.165) is 12.8 Å². The van der Waals surface area contributed by atoms with Crippen molar-refractivity contribution in [1.29, 1.82) is 0 Å². The quantitative estimate of drug-likeness (QED) is 0.737. The predicted molar refractivity (Wildman–Crippen MR) is 85.3 cm³/mol. The fourth-order valence-corrected chi connectivity index (χ4v) is 3.90. The third kappa shape index (κ3) is 2.51. The van der Waals surface area contributed by atoms with E-state index in [9.17, 15) is 0 Å². The molecule has 2 aliphatic carbocycles. The van der Waals surface area contributed by atoms with E-state index in [4.69, 9.17) is 4.74 Å². The van der Waals surface area contributed by atoms with Crippen LogP contribution >= 0.6 is 0 Å². The Bertz CT molecular complexity index is 576. The zero-order chi connectivity index (χ0) is 14.1. The van der Waals surface area contributed by atoms with E-state index in [1.54, 1.807) is 0 Å². The molecule has 0 bridgehead atoms. The Balaban J connectivity index is 1.61. The first kappa shape index (κ1) is 13.1. The van der Waals surface area contributed by atoms with Crippen LogP contribution in [-0.2, 0) is 17.6 Å². The molecule has 2 aliphatic rings. The van der Waals surface area contributed by atoms with Gasteiger partial charge in [0.05, 0.1) is 12.2 Å². The number of rotatable bonds is 2. The molecular formula is C20H22O. The molecule has 4 rings (SSSR count). The van der Waals surface area contributed by atoms with E-state index >= 15 is 0 Å². The largest absolute Gasteiger partial charge is 0.366 e. The van der Waals surface area contributed by atoms with Crippen LogP contribution in [0.4, 0.5) is 0 Å². The summed E-state index contributed by atoms with van der Waals surface area (Å²) in [7, 11) is 0. The molecule has 0 fully saturated rings. The van der Waals surface area contributed by atoms with Crippen LogP contribution in [0.2, 0.25) is 0 Å². The van der Waals surface area contributed by atoms with Crippen LogP contribution in [0.3, 0.4) is 0 Å². The third-order valence-corrected chi connectivity index (χ3v) is 4.96. The van der Waals surface area contributed by atoms with Gasteiger partial charge in [0.1, 0.15) is 0 Å². The third-order valence-electron chi connectivity index (χ3n) is 4.96. The molecule has 0 aromatic heterocycles. The highest BCUT2D eigenvalue weighted by molar-refractivity contribution is 5.33. The summed E-state index contributed by atoms with van der Waals surface area (Å²) >= 11 is 0. The van der Waals surface area contributed by atoms with Gasteiger partial charge in [-0.1, -0.05) is 48.5 Å².